The topological polar surface area (TPSA) is 124 Å². The van der Waals surface area contributed by atoms with Gasteiger partial charge < -0.3 is 33.7 Å². The van der Waals surface area contributed by atoms with Crippen LogP contribution in [0.4, 0.5) is 5.69 Å². The van der Waals surface area contributed by atoms with Crippen LogP contribution >= 0.6 is 0 Å². The fourth-order valence-electron chi connectivity index (χ4n) is 4.67. The van der Waals surface area contributed by atoms with Gasteiger partial charge in [-0.25, -0.2) is 4.79 Å². The van der Waals surface area contributed by atoms with Crippen molar-refractivity contribution in [3.63, 3.8) is 0 Å². The number of carbonyl (C=O) groups is 3. The van der Waals surface area contributed by atoms with Gasteiger partial charge in [0.25, 0.3) is 5.91 Å². The molecular formula is C22H28N2O9. The maximum atomic E-state index is 13.6. The Hall–Kier alpha value is -2.89. The largest absolute Gasteiger partial charge is 0.493 e. The maximum Gasteiger partial charge on any atom is 0.329 e. The Morgan fingerprint density at radius 3 is 2.61 bits per heavy atom. The van der Waals surface area contributed by atoms with Crippen molar-refractivity contribution in [3.8, 4) is 11.5 Å². The number of anilines is 1. The van der Waals surface area contributed by atoms with Crippen LogP contribution in [-0.2, 0) is 23.8 Å². The number of aliphatic carboxylic acids is 1. The van der Waals surface area contributed by atoms with Crippen LogP contribution in [-0.4, -0.2) is 86.9 Å². The van der Waals surface area contributed by atoms with Gasteiger partial charge in [0.1, 0.15) is 12.6 Å². The summed E-state index contributed by atoms with van der Waals surface area (Å²) in [6.07, 6.45) is 1.32. The van der Waals surface area contributed by atoms with E-state index in [4.69, 9.17) is 28.8 Å². The maximum absolute atomic E-state index is 13.6. The highest BCUT2D eigenvalue weighted by molar-refractivity contribution is 6.04. The number of benzene rings is 1. The molecule has 4 rings (SSSR count). The molecule has 2 amide bonds. The molecule has 1 aromatic rings. The molecular weight excluding hydrogens is 436 g/mol. The number of carboxylic acids is 1. The van der Waals surface area contributed by atoms with Crippen molar-refractivity contribution in [3.05, 3.63) is 17.7 Å². The molecule has 33 heavy (non-hydrogen) atoms. The van der Waals surface area contributed by atoms with E-state index < -0.39 is 37.2 Å². The summed E-state index contributed by atoms with van der Waals surface area (Å²) in [7, 11) is 2.93. The Labute approximate surface area is 191 Å². The molecule has 0 aliphatic carbocycles. The standard InChI is InChI=1S/C22H28N2O9/c1-29-16-9-13-14(10-17(16)30-2)24(12-25)22(33-19-5-3-4-8-31-19)20-15(32-11-18(26)27)6-7-23(20)21(13)28/h9-10,12,15,19-20,22H,3-8,11H2,1-2H3,(H,26,27)/t15-,19?,20-,22?/m0/s1. The van der Waals surface area contributed by atoms with E-state index in [1.165, 1.54) is 25.2 Å². The lowest BCUT2D eigenvalue weighted by Crippen LogP contribution is -2.55. The number of amides is 2. The molecule has 1 N–H and O–H groups in total. The molecule has 0 radical (unpaired) electrons. The van der Waals surface area contributed by atoms with E-state index in [9.17, 15) is 14.4 Å². The lowest BCUT2D eigenvalue weighted by molar-refractivity contribution is -0.202. The van der Waals surface area contributed by atoms with Crippen LogP contribution in [0.25, 0.3) is 0 Å². The summed E-state index contributed by atoms with van der Waals surface area (Å²) < 4.78 is 28.4. The molecule has 0 spiro atoms. The Morgan fingerprint density at radius 2 is 1.97 bits per heavy atom. The van der Waals surface area contributed by atoms with E-state index in [-0.39, 0.29) is 11.5 Å². The van der Waals surface area contributed by atoms with Gasteiger partial charge in [-0.1, -0.05) is 0 Å². The third-order valence-electron chi connectivity index (χ3n) is 6.20. The average molecular weight is 464 g/mol. The van der Waals surface area contributed by atoms with Crippen molar-refractivity contribution in [2.75, 3.05) is 38.9 Å². The minimum atomic E-state index is -1.12. The second-order valence-electron chi connectivity index (χ2n) is 8.08. The number of fused-ring (bicyclic) bond motifs is 2. The van der Waals surface area contributed by atoms with E-state index in [2.05, 4.69) is 0 Å². The first kappa shape index (κ1) is 23.3. The summed E-state index contributed by atoms with van der Waals surface area (Å²) in [6.45, 7) is 0.331. The minimum absolute atomic E-state index is 0.249. The molecule has 3 aliphatic rings. The van der Waals surface area contributed by atoms with Gasteiger partial charge in [-0.15, -0.1) is 0 Å². The first-order valence-electron chi connectivity index (χ1n) is 10.9. The molecule has 0 aromatic heterocycles. The van der Waals surface area contributed by atoms with Crippen molar-refractivity contribution < 1.29 is 43.2 Å². The van der Waals surface area contributed by atoms with Crippen LogP contribution < -0.4 is 14.4 Å². The van der Waals surface area contributed by atoms with Crippen molar-refractivity contribution in [2.45, 2.75) is 50.3 Å². The van der Waals surface area contributed by atoms with Gasteiger partial charge in [-0.2, -0.15) is 0 Å². The molecule has 3 heterocycles. The van der Waals surface area contributed by atoms with E-state index in [0.717, 1.165) is 12.8 Å². The molecule has 1 aromatic carbocycles. The fourth-order valence-corrected chi connectivity index (χ4v) is 4.67. The molecule has 11 heteroatoms. The van der Waals surface area contributed by atoms with Gasteiger partial charge in [-0.05, 0) is 31.7 Å². The molecule has 0 saturated carbocycles. The molecule has 2 saturated heterocycles. The van der Waals surface area contributed by atoms with Crippen LogP contribution in [0.5, 0.6) is 11.5 Å². The molecule has 4 atom stereocenters. The monoisotopic (exact) mass is 464 g/mol. The Kier molecular flexibility index (Phi) is 7.01. The number of carboxylic acid groups (broad SMARTS) is 1. The first-order valence-corrected chi connectivity index (χ1v) is 10.9. The number of carbonyl (C=O) groups excluding carboxylic acids is 2. The smallest absolute Gasteiger partial charge is 0.329 e. The van der Waals surface area contributed by atoms with Crippen LogP contribution in [0.3, 0.4) is 0 Å². The number of hydrogen-bond acceptors (Lipinski definition) is 8. The summed E-state index contributed by atoms with van der Waals surface area (Å²) in [5, 5.41) is 9.11. The summed E-state index contributed by atoms with van der Waals surface area (Å²) in [5.74, 6) is -0.754. The highest BCUT2D eigenvalue weighted by Gasteiger charge is 2.50. The third kappa shape index (κ3) is 4.48. The van der Waals surface area contributed by atoms with Gasteiger partial charge >= 0.3 is 5.97 Å². The summed E-state index contributed by atoms with van der Waals surface area (Å²) in [4.78, 5) is 40.1. The summed E-state index contributed by atoms with van der Waals surface area (Å²) in [5.41, 5.74) is 0.555. The molecule has 0 bridgehead atoms. The van der Waals surface area contributed by atoms with Gasteiger partial charge in [-0.3, -0.25) is 14.5 Å². The van der Waals surface area contributed by atoms with Crippen LogP contribution in [0.2, 0.25) is 0 Å². The third-order valence-corrected chi connectivity index (χ3v) is 6.20. The molecule has 11 nitrogen and oxygen atoms in total. The Morgan fingerprint density at radius 1 is 1.21 bits per heavy atom. The first-order chi connectivity index (χ1) is 16.0. The van der Waals surface area contributed by atoms with E-state index in [1.54, 1.807) is 11.0 Å². The molecule has 2 fully saturated rings. The van der Waals surface area contributed by atoms with Crippen molar-refractivity contribution >= 4 is 24.0 Å². The Bertz CT molecular complexity index is 902. The zero-order valence-corrected chi connectivity index (χ0v) is 18.6. The zero-order valence-electron chi connectivity index (χ0n) is 18.6. The van der Waals surface area contributed by atoms with Gasteiger partial charge in [0.2, 0.25) is 6.41 Å². The second-order valence-corrected chi connectivity index (χ2v) is 8.08. The van der Waals surface area contributed by atoms with E-state index >= 15 is 0 Å². The predicted octanol–water partition coefficient (Wildman–Crippen LogP) is 1.23. The van der Waals surface area contributed by atoms with Gasteiger partial charge in [0, 0.05) is 19.2 Å². The van der Waals surface area contributed by atoms with Gasteiger partial charge in [0.15, 0.2) is 24.0 Å². The number of rotatable bonds is 8. The zero-order chi connectivity index (χ0) is 23.5. The summed E-state index contributed by atoms with van der Waals surface area (Å²) in [6, 6.07) is 2.37. The van der Waals surface area contributed by atoms with Crippen molar-refractivity contribution in [1.82, 2.24) is 4.90 Å². The van der Waals surface area contributed by atoms with Crippen molar-refractivity contribution in [1.29, 1.82) is 0 Å². The van der Waals surface area contributed by atoms with Crippen LogP contribution in [0.15, 0.2) is 12.1 Å². The Balaban J connectivity index is 1.79. The lowest BCUT2D eigenvalue weighted by atomic mass is 10.1. The average Bonchev–Trinajstić information content (AvgIpc) is 3.22. The summed E-state index contributed by atoms with van der Waals surface area (Å²) >= 11 is 0. The highest BCUT2D eigenvalue weighted by atomic mass is 16.7. The number of ether oxygens (including phenoxy) is 5. The van der Waals surface area contributed by atoms with Crippen LogP contribution in [0, 0.1) is 0 Å². The fraction of sp³-hybridized carbons (Fsp3) is 0.591. The molecule has 180 valence electrons. The minimum Gasteiger partial charge on any atom is -0.493 e. The normalized spacial score (nSPS) is 26.9. The number of nitrogens with zero attached hydrogens (tertiary/aromatic N) is 2. The predicted molar refractivity (Wildman–Crippen MR) is 113 cm³/mol. The lowest BCUT2D eigenvalue weighted by Gasteiger charge is -2.38. The SMILES string of the molecule is COc1cc2c(cc1OC)N(C=O)C(OC1CCCCO1)[C@@H]1[C@@H](OCC(=O)O)CCN1C2=O. The van der Waals surface area contributed by atoms with E-state index in [1.807, 2.05) is 0 Å². The van der Waals surface area contributed by atoms with Gasteiger partial charge in [0.05, 0.1) is 31.6 Å². The quantitative estimate of drug-likeness (QED) is 0.566. The second kappa shape index (κ2) is 9.94. The molecule has 2 unspecified atom stereocenters. The van der Waals surface area contributed by atoms with Crippen molar-refractivity contribution in [2.24, 2.45) is 0 Å². The number of methoxy groups -OCH3 is 2. The van der Waals surface area contributed by atoms with Crippen LogP contribution in [0.1, 0.15) is 36.0 Å². The number of hydrogen-bond donors (Lipinski definition) is 1. The van der Waals surface area contributed by atoms with E-state index in [0.29, 0.717) is 49.6 Å². The highest BCUT2D eigenvalue weighted by Crippen LogP contribution is 2.42. The molecule has 3 aliphatic heterocycles.